The molecule has 0 aliphatic carbocycles. The van der Waals surface area contributed by atoms with Crippen molar-refractivity contribution in [1.82, 2.24) is 0 Å². The largest absolute Gasteiger partial charge is 0.481 e. The second-order valence-electron chi connectivity index (χ2n) is 4.08. The average Bonchev–Trinajstić information content (AvgIpc) is 2.20. The third kappa shape index (κ3) is 4.71. The Balaban J connectivity index is 2.56. The van der Waals surface area contributed by atoms with Crippen LogP contribution in [0, 0.1) is 11.7 Å². The summed E-state index contributed by atoms with van der Waals surface area (Å²) in [6.07, 6.45) is -0.0785. The Hall–Kier alpha value is -1.62. The Bertz CT molecular complexity index is 465. The van der Waals surface area contributed by atoms with Gasteiger partial charge in [0.25, 0.3) is 0 Å². The maximum atomic E-state index is 13.4. The molecule has 1 amide bonds. The van der Waals surface area contributed by atoms with E-state index in [1.54, 1.807) is 6.92 Å². The van der Waals surface area contributed by atoms with Crippen LogP contribution in [0.3, 0.4) is 0 Å². The molecule has 0 saturated heterocycles. The first kappa shape index (κ1) is 14.4. The van der Waals surface area contributed by atoms with Crippen LogP contribution in [0.25, 0.3) is 0 Å². The Morgan fingerprint density at radius 3 is 2.67 bits per heavy atom. The number of hydrogen-bond donors (Lipinski definition) is 2. The summed E-state index contributed by atoms with van der Waals surface area (Å²) in [5.41, 5.74) is 0.0342. The van der Waals surface area contributed by atoms with E-state index in [9.17, 15) is 14.0 Å². The van der Waals surface area contributed by atoms with E-state index in [0.29, 0.717) is 0 Å². The fraction of sp³-hybridized carbons (Fsp3) is 0.333. The number of nitrogens with one attached hydrogen (secondary N) is 1. The number of carbonyl (C=O) groups excluding carboxylic acids is 1. The molecule has 1 atom stereocenters. The minimum absolute atomic E-state index is 0.0222. The molecule has 98 valence electrons. The monoisotopic (exact) mass is 273 g/mol. The number of anilines is 1. The van der Waals surface area contributed by atoms with Crippen molar-refractivity contribution in [2.75, 3.05) is 5.32 Å². The predicted molar refractivity (Wildman–Crippen MR) is 66.1 cm³/mol. The first-order valence-electron chi connectivity index (χ1n) is 5.35. The molecule has 1 aromatic carbocycles. The number of carbonyl (C=O) groups is 2. The van der Waals surface area contributed by atoms with Crippen LogP contribution < -0.4 is 5.32 Å². The molecule has 0 aliphatic heterocycles. The number of carboxylic acid groups (broad SMARTS) is 1. The van der Waals surface area contributed by atoms with Crippen LogP contribution >= 0.6 is 11.6 Å². The smallest absolute Gasteiger partial charge is 0.303 e. The molecule has 0 saturated carbocycles. The Morgan fingerprint density at radius 2 is 2.11 bits per heavy atom. The van der Waals surface area contributed by atoms with Crippen molar-refractivity contribution in [2.45, 2.75) is 19.8 Å². The Labute approximate surface area is 109 Å². The van der Waals surface area contributed by atoms with Gasteiger partial charge in [-0.15, -0.1) is 0 Å². The molecule has 2 N–H and O–H groups in total. The van der Waals surface area contributed by atoms with Gasteiger partial charge in [0.15, 0.2) is 0 Å². The molecule has 1 aromatic rings. The van der Waals surface area contributed by atoms with E-state index in [-0.39, 0.29) is 29.5 Å². The van der Waals surface area contributed by atoms with Crippen LogP contribution in [0.1, 0.15) is 19.8 Å². The number of carboxylic acids is 1. The molecule has 0 heterocycles. The van der Waals surface area contributed by atoms with E-state index in [1.165, 1.54) is 12.1 Å². The van der Waals surface area contributed by atoms with Gasteiger partial charge >= 0.3 is 5.97 Å². The van der Waals surface area contributed by atoms with Gasteiger partial charge in [0.2, 0.25) is 5.91 Å². The number of benzene rings is 1. The van der Waals surface area contributed by atoms with Gasteiger partial charge in [-0.1, -0.05) is 18.5 Å². The van der Waals surface area contributed by atoms with E-state index in [2.05, 4.69) is 5.32 Å². The first-order valence-corrected chi connectivity index (χ1v) is 5.73. The highest BCUT2D eigenvalue weighted by Crippen LogP contribution is 2.19. The van der Waals surface area contributed by atoms with E-state index in [4.69, 9.17) is 16.7 Å². The predicted octanol–water partition coefficient (Wildman–Crippen LogP) is 2.92. The maximum Gasteiger partial charge on any atom is 0.303 e. The van der Waals surface area contributed by atoms with E-state index < -0.39 is 17.7 Å². The van der Waals surface area contributed by atoms with Gasteiger partial charge < -0.3 is 10.4 Å². The van der Waals surface area contributed by atoms with Crippen molar-refractivity contribution in [2.24, 2.45) is 5.92 Å². The lowest BCUT2D eigenvalue weighted by atomic mass is 10.0. The van der Waals surface area contributed by atoms with E-state index in [1.807, 2.05) is 0 Å². The Morgan fingerprint density at radius 1 is 1.44 bits per heavy atom. The molecule has 0 bridgehead atoms. The van der Waals surface area contributed by atoms with E-state index in [0.717, 1.165) is 6.07 Å². The molecule has 4 nitrogen and oxygen atoms in total. The van der Waals surface area contributed by atoms with Gasteiger partial charge in [0, 0.05) is 17.9 Å². The van der Waals surface area contributed by atoms with Crippen LogP contribution in [-0.4, -0.2) is 17.0 Å². The molecule has 6 heteroatoms. The summed E-state index contributed by atoms with van der Waals surface area (Å²) in [7, 11) is 0. The third-order valence-electron chi connectivity index (χ3n) is 2.26. The molecule has 18 heavy (non-hydrogen) atoms. The van der Waals surface area contributed by atoms with Gasteiger partial charge in [-0.25, -0.2) is 4.39 Å². The average molecular weight is 274 g/mol. The lowest BCUT2D eigenvalue weighted by Gasteiger charge is -2.10. The van der Waals surface area contributed by atoms with Gasteiger partial charge in [0.05, 0.1) is 5.69 Å². The molecule has 0 spiro atoms. The zero-order chi connectivity index (χ0) is 13.7. The molecule has 1 unspecified atom stereocenters. The quantitative estimate of drug-likeness (QED) is 0.867. The fourth-order valence-corrected chi connectivity index (χ4v) is 1.64. The maximum absolute atomic E-state index is 13.4. The van der Waals surface area contributed by atoms with Crippen molar-refractivity contribution in [3.63, 3.8) is 0 Å². The number of amides is 1. The highest BCUT2D eigenvalue weighted by molar-refractivity contribution is 6.30. The molecular formula is C12H13ClFNO3. The molecule has 1 rings (SSSR count). The third-order valence-corrected chi connectivity index (χ3v) is 2.50. The first-order chi connectivity index (χ1) is 8.38. The van der Waals surface area contributed by atoms with Gasteiger partial charge in [-0.2, -0.15) is 0 Å². The molecule has 0 aliphatic rings. The molecule has 0 radical (unpaired) electrons. The number of aliphatic carboxylic acids is 1. The SMILES string of the molecule is CC(CC(=O)O)CC(=O)Nc1ccc(Cl)cc1F. The summed E-state index contributed by atoms with van der Waals surface area (Å²) in [6, 6.07) is 3.91. The zero-order valence-electron chi connectivity index (χ0n) is 9.74. The van der Waals surface area contributed by atoms with Gasteiger partial charge in [0.1, 0.15) is 5.82 Å². The van der Waals surface area contributed by atoms with Crippen molar-refractivity contribution < 1.29 is 19.1 Å². The standard InChI is InChI=1S/C12H13ClFNO3/c1-7(5-12(17)18)4-11(16)15-10-3-2-8(13)6-9(10)14/h2-3,6-7H,4-5H2,1H3,(H,15,16)(H,17,18). The topological polar surface area (TPSA) is 66.4 Å². The van der Waals surface area contributed by atoms with E-state index >= 15 is 0 Å². The molecule has 0 aromatic heterocycles. The van der Waals surface area contributed by atoms with Crippen LogP contribution in [-0.2, 0) is 9.59 Å². The number of rotatable bonds is 5. The van der Waals surface area contributed by atoms with Crippen LogP contribution in [0.15, 0.2) is 18.2 Å². The minimum atomic E-state index is -0.965. The number of halogens is 2. The van der Waals surface area contributed by atoms with Gasteiger partial charge in [-0.05, 0) is 24.1 Å². The van der Waals surface area contributed by atoms with Gasteiger partial charge in [-0.3, -0.25) is 9.59 Å². The summed E-state index contributed by atoms with van der Waals surface area (Å²) in [6.45, 7) is 1.64. The van der Waals surface area contributed by atoms with Crippen LogP contribution in [0.5, 0.6) is 0 Å². The summed E-state index contributed by atoms with van der Waals surface area (Å²) < 4.78 is 13.4. The second kappa shape index (κ2) is 6.35. The molecule has 0 fully saturated rings. The van der Waals surface area contributed by atoms with Crippen LogP contribution in [0.2, 0.25) is 5.02 Å². The van der Waals surface area contributed by atoms with Crippen LogP contribution in [0.4, 0.5) is 10.1 Å². The summed E-state index contributed by atoms with van der Waals surface area (Å²) >= 11 is 5.58. The van der Waals surface area contributed by atoms with Crippen molar-refractivity contribution >= 4 is 29.2 Å². The Kier molecular flexibility index (Phi) is 5.09. The fourth-order valence-electron chi connectivity index (χ4n) is 1.48. The number of hydrogen-bond acceptors (Lipinski definition) is 2. The lowest BCUT2D eigenvalue weighted by Crippen LogP contribution is -2.17. The molecular weight excluding hydrogens is 261 g/mol. The summed E-state index contributed by atoms with van der Waals surface area (Å²) in [5, 5.41) is 11.2. The lowest BCUT2D eigenvalue weighted by molar-refractivity contribution is -0.138. The normalized spacial score (nSPS) is 11.9. The van der Waals surface area contributed by atoms with Crippen molar-refractivity contribution in [1.29, 1.82) is 0 Å². The minimum Gasteiger partial charge on any atom is -0.481 e. The summed E-state index contributed by atoms with van der Waals surface area (Å²) in [5.74, 6) is -2.32. The highest BCUT2D eigenvalue weighted by Gasteiger charge is 2.14. The van der Waals surface area contributed by atoms with Crippen molar-refractivity contribution in [3.8, 4) is 0 Å². The summed E-state index contributed by atoms with van der Waals surface area (Å²) in [4.78, 5) is 22.0. The zero-order valence-corrected chi connectivity index (χ0v) is 10.5. The second-order valence-corrected chi connectivity index (χ2v) is 4.52. The van der Waals surface area contributed by atoms with Crippen molar-refractivity contribution in [3.05, 3.63) is 29.0 Å². The highest BCUT2D eigenvalue weighted by atomic mass is 35.5.